The van der Waals surface area contributed by atoms with Gasteiger partial charge in [0.1, 0.15) is 0 Å². The van der Waals surface area contributed by atoms with Crippen LogP contribution >= 0.6 is 31.9 Å². The normalized spacial score (nSPS) is 9.80. The van der Waals surface area contributed by atoms with Crippen molar-refractivity contribution in [3.05, 3.63) is 43.3 Å². The summed E-state index contributed by atoms with van der Waals surface area (Å²) < 4.78 is 0.881. The van der Waals surface area contributed by atoms with Gasteiger partial charge in [0.15, 0.2) is 0 Å². The minimum atomic E-state index is -0.401. The summed E-state index contributed by atoms with van der Waals surface area (Å²) in [7, 11) is 0. The predicted molar refractivity (Wildman–Crippen MR) is 68.2 cm³/mol. The topological polar surface area (TPSA) is 43.1 Å². The van der Waals surface area contributed by atoms with Crippen LogP contribution in [0, 0.1) is 10.1 Å². The van der Waals surface area contributed by atoms with Crippen LogP contribution in [0.3, 0.4) is 0 Å². The number of non-ortho nitro benzene ring substituents is 1. The zero-order valence-electron chi connectivity index (χ0n) is 8.04. The van der Waals surface area contributed by atoms with Gasteiger partial charge < -0.3 is 0 Å². The smallest absolute Gasteiger partial charge is 0.258 e. The van der Waals surface area contributed by atoms with E-state index < -0.39 is 4.92 Å². The number of nitro groups is 1. The standard InChI is InChI=1S/C10H9Br2NO2/c1-2-9(10(11)12)7-3-5-8(6-4-7)13(14)15/h3-6H,2H2,1H3. The molecule has 0 heterocycles. The van der Waals surface area contributed by atoms with Gasteiger partial charge in [-0.3, -0.25) is 10.1 Å². The highest BCUT2D eigenvalue weighted by Crippen LogP contribution is 2.30. The first-order valence-electron chi connectivity index (χ1n) is 4.35. The van der Waals surface area contributed by atoms with Gasteiger partial charge in [0.25, 0.3) is 5.69 Å². The van der Waals surface area contributed by atoms with Crippen LogP contribution in [-0.4, -0.2) is 4.92 Å². The third-order valence-corrected chi connectivity index (χ3v) is 2.97. The fourth-order valence-electron chi connectivity index (χ4n) is 1.23. The average molecular weight is 335 g/mol. The summed E-state index contributed by atoms with van der Waals surface area (Å²) in [6, 6.07) is 6.51. The third kappa shape index (κ3) is 3.14. The SMILES string of the molecule is CCC(=C(Br)Br)c1ccc([N+](=O)[O-])cc1. The van der Waals surface area contributed by atoms with Gasteiger partial charge in [0.2, 0.25) is 0 Å². The van der Waals surface area contributed by atoms with Gasteiger partial charge in [-0.25, -0.2) is 0 Å². The Morgan fingerprint density at radius 2 is 1.87 bits per heavy atom. The van der Waals surface area contributed by atoms with Crippen molar-refractivity contribution in [2.24, 2.45) is 0 Å². The lowest BCUT2D eigenvalue weighted by Gasteiger charge is -2.04. The van der Waals surface area contributed by atoms with Gasteiger partial charge >= 0.3 is 0 Å². The van der Waals surface area contributed by atoms with Gasteiger partial charge in [0, 0.05) is 12.1 Å². The van der Waals surface area contributed by atoms with Crippen molar-refractivity contribution in [3.63, 3.8) is 0 Å². The fraction of sp³-hybridized carbons (Fsp3) is 0.200. The summed E-state index contributed by atoms with van der Waals surface area (Å²) in [4.78, 5) is 10.1. The van der Waals surface area contributed by atoms with E-state index in [0.29, 0.717) is 0 Å². The van der Waals surface area contributed by atoms with E-state index in [9.17, 15) is 10.1 Å². The highest BCUT2D eigenvalue weighted by atomic mass is 79.9. The third-order valence-electron chi connectivity index (χ3n) is 2.01. The Morgan fingerprint density at radius 3 is 2.20 bits per heavy atom. The average Bonchev–Trinajstić information content (AvgIpc) is 2.19. The number of nitrogens with zero attached hydrogens (tertiary/aromatic N) is 1. The quantitative estimate of drug-likeness (QED) is 0.604. The van der Waals surface area contributed by atoms with E-state index in [0.717, 1.165) is 20.9 Å². The molecule has 1 rings (SSSR count). The second kappa shape index (κ2) is 5.42. The summed E-state index contributed by atoms with van der Waals surface area (Å²) in [5, 5.41) is 10.5. The fourth-order valence-corrected chi connectivity index (χ4v) is 2.25. The number of nitro benzene ring substituents is 1. The number of allylic oxidation sites excluding steroid dienone is 1. The van der Waals surface area contributed by atoms with E-state index in [1.165, 1.54) is 12.1 Å². The molecule has 15 heavy (non-hydrogen) atoms. The van der Waals surface area contributed by atoms with Crippen LogP contribution in [0.5, 0.6) is 0 Å². The van der Waals surface area contributed by atoms with Gasteiger partial charge in [-0.15, -0.1) is 0 Å². The van der Waals surface area contributed by atoms with Crippen molar-refractivity contribution in [1.29, 1.82) is 0 Å². The molecule has 0 unspecified atom stereocenters. The molecule has 0 aliphatic carbocycles. The van der Waals surface area contributed by atoms with Crippen LogP contribution < -0.4 is 0 Å². The van der Waals surface area contributed by atoms with Crippen LogP contribution in [0.25, 0.3) is 5.57 Å². The summed E-state index contributed by atoms with van der Waals surface area (Å²) in [6.07, 6.45) is 0.851. The molecule has 0 aromatic heterocycles. The van der Waals surface area contributed by atoms with Crippen LogP contribution in [0.4, 0.5) is 5.69 Å². The molecular formula is C10H9Br2NO2. The summed E-state index contributed by atoms with van der Waals surface area (Å²) in [6.45, 7) is 2.03. The zero-order chi connectivity index (χ0) is 11.4. The molecule has 0 spiro atoms. The van der Waals surface area contributed by atoms with E-state index in [-0.39, 0.29) is 5.69 Å². The molecule has 1 aromatic carbocycles. The summed E-state index contributed by atoms with van der Waals surface area (Å²) in [5.41, 5.74) is 2.18. The molecular weight excluding hydrogens is 326 g/mol. The second-order valence-electron chi connectivity index (χ2n) is 2.90. The monoisotopic (exact) mass is 333 g/mol. The van der Waals surface area contributed by atoms with Crippen LogP contribution in [-0.2, 0) is 0 Å². The van der Waals surface area contributed by atoms with Crippen molar-refractivity contribution < 1.29 is 4.92 Å². The van der Waals surface area contributed by atoms with Crippen molar-refractivity contribution in [1.82, 2.24) is 0 Å². The molecule has 0 saturated heterocycles. The zero-order valence-corrected chi connectivity index (χ0v) is 11.2. The molecule has 0 N–H and O–H groups in total. The molecule has 0 amide bonds. The van der Waals surface area contributed by atoms with Crippen LogP contribution in [0.15, 0.2) is 27.7 Å². The van der Waals surface area contributed by atoms with Crippen molar-refractivity contribution >= 4 is 43.1 Å². The lowest BCUT2D eigenvalue weighted by Crippen LogP contribution is -1.89. The first-order valence-corrected chi connectivity index (χ1v) is 5.93. The van der Waals surface area contributed by atoms with Crippen LogP contribution in [0.2, 0.25) is 0 Å². The van der Waals surface area contributed by atoms with E-state index in [4.69, 9.17) is 0 Å². The van der Waals surface area contributed by atoms with E-state index in [1.54, 1.807) is 12.1 Å². The minimum Gasteiger partial charge on any atom is -0.258 e. The van der Waals surface area contributed by atoms with Crippen LogP contribution in [0.1, 0.15) is 18.9 Å². The predicted octanol–water partition coefficient (Wildman–Crippen LogP) is 4.46. The number of benzene rings is 1. The number of hydrogen-bond acceptors (Lipinski definition) is 2. The maximum atomic E-state index is 10.5. The molecule has 0 aliphatic heterocycles. The molecule has 0 radical (unpaired) electrons. The number of halogens is 2. The summed E-state index contributed by atoms with van der Waals surface area (Å²) >= 11 is 6.70. The maximum Gasteiger partial charge on any atom is 0.269 e. The minimum absolute atomic E-state index is 0.111. The molecule has 5 heteroatoms. The van der Waals surface area contributed by atoms with Gasteiger partial charge in [-0.1, -0.05) is 6.92 Å². The Hall–Kier alpha value is -0.680. The first-order chi connectivity index (χ1) is 7.06. The van der Waals surface area contributed by atoms with Crippen molar-refractivity contribution in [2.45, 2.75) is 13.3 Å². The van der Waals surface area contributed by atoms with E-state index in [1.807, 2.05) is 6.92 Å². The number of rotatable bonds is 3. The van der Waals surface area contributed by atoms with Gasteiger partial charge in [0.05, 0.1) is 8.31 Å². The summed E-state index contributed by atoms with van der Waals surface area (Å²) in [5.74, 6) is 0. The van der Waals surface area contributed by atoms with Crippen molar-refractivity contribution in [2.75, 3.05) is 0 Å². The lowest BCUT2D eigenvalue weighted by atomic mass is 10.1. The van der Waals surface area contributed by atoms with E-state index in [2.05, 4.69) is 31.9 Å². The Kier molecular flexibility index (Phi) is 4.47. The highest BCUT2D eigenvalue weighted by molar-refractivity contribution is 9.28. The molecule has 80 valence electrons. The molecule has 0 bridgehead atoms. The number of hydrogen-bond donors (Lipinski definition) is 0. The Morgan fingerprint density at radius 1 is 1.33 bits per heavy atom. The molecule has 0 fully saturated rings. The second-order valence-corrected chi connectivity index (χ2v) is 5.55. The maximum absolute atomic E-state index is 10.5. The van der Waals surface area contributed by atoms with Gasteiger partial charge in [-0.05, 0) is 61.5 Å². The first kappa shape index (κ1) is 12.4. The lowest BCUT2D eigenvalue weighted by molar-refractivity contribution is -0.384. The Labute approximate surface area is 105 Å². The molecule has 0 saturated carbocycles. The Bertz CT molecular complexity index is 394. The molecule has 3 nitrogen and oxygen atoms in total. The van der Waals surface area contributed by atoms with E-state index >= 15 is 0 Å². The molecule has 0 atom stereocenters. The van der Waals surface area contributed by atoms with Gasteiger partial charge in [-0.2, -0.15) is 0 Å². The molecule has 0 aliphatic rings. The largest absolute Gasteiger partial charge is 0.269 e. The molecule has 1 aromatic rings. The highest BCUT2D eigenvalue weighted by Gasteiger charge is 2.07. The Balaban J connectivity index is 3.08. The van der Waals surface area contributed by atoms with Crippen molar-refractivity contribution in [3.8, 4) is 0 Å².